The Labute approximate surface area is 250 Å². The van der Waals surface area contributed by atoms with Crippen LogP contribution in [-0.2, 0) is 36.7 Å². The molecule has 0 saturated carbocycles. The number of rotatable bonds is 2. The lowest BCUT2D eigenvalue weighted by Gasteiger charge is -2.26. The third kappa shape index (κ3) is 5.14. The van der Waals surface area contributed by atoms with Crippen molar-refractivity contribution in [2.45, 2.75) is 49.1 Å². The van der Waals surface area contributed by atoms with Gasteiger partial charge in [0.05, 0.1) is 25.9 Å². The van der Waals surface area contributed by atoms with Crippen LogP contribution in [0.3, 0.4) is 0 Å². The fourth-order valence-corrected chi connectivity index (χ4v) is 7.60. The van der Waals surface area contributed by atoms with Crippen LogP contribution in [0.15, 0.2) is 25.3 Å². The fraction of sp³-hybridized carbons (Fsp3) is 0.500. The first-order valence-electron chi connectivity index (χ1n) is 12.7. The van der Waals surface area contributed by atoms with Gasteiger partial charge in [0.25, 0.3) is 0 Å². The molecule has 2 bridgehead atoms. The molecule has 0 amide bonds. The van der Waals surface area contributed by atoms with E-state index in [0.717, 1.165) is 6.33 Å². The summed E-state index contributed by atoms with van der Waals surface area (Å²) in [5, 5.41) is 11.1. The molecule has 236 valence electrons. The van der Waals surface area contributed by atoms with Crippen molar-refractivity contribution in [1.82, 2.24) is 39.0 Å². The fourth-order valence-electron chi connectivity index (χ4n) is 5.19. The number of alkyl halides is 1. The van der Waals surface area contributed by atoms with Gasteiger partial charge in [-0.3, -0.25) is 27.2 Å². The Hall–Kier alpha value is -2.88. The Bertz CT molecular complexity index is 1830. The maximum atomic E-state index is 15.9. The molecule has 7 heterocycles. The molecule has 44 heavy (non-hydrogen) atoms. The number of hydrogen-bond acceptors (Lipinski definition) is 17. The maximum absolute atomic E-state index is 15.9. The zero-order chi connectivity index (χ0) is 31.0. The van der Waals surface area contributed by atoms with Gasteiger partial charge in [-0.05, 0) is 0 Å². The first-order chi connectivity index (χ1) is 20.9. The molecule has 3 fully saturated rings. The van der Waals surface area contributed by atoms with Gasteiger partial charge < -0.3 is 30.9 Å². The summed E-state index contributed by atoms with van der Waals surface area (Å²) in [7, 11) is -5.06. The van der Waals surface area contributed by atoms with Gasteiger partial charge in [-0.1, -0.05) is 12.2 Å². The van der Waals surface area contributed by atoms with Crippen LogP contribution in [0.25, 0.3) is 22.3 Å². The lowest BCUT2D eigenvalue weighted by Crippen LogP contribution is -2.35. The van der Waals surface area contributed by atoms with Crippen molar-refractivity contribution in [1.29, 1.82) is 0 Å². The summed E-state index contributed by atoms with van der Waals surface area (Å²) in [6, 6.07) is 0. The number of thiol groups is 1. The van der Waals surface area contributed by atoms with Gasteiger partial charge in [0.15, 0.2) is 41.6 Å². The highest BCUT2D eigenvalue weighted by molar-refractivity contribution is 8.44. The summed E-state index contributed by atoms with van der Waals surface area (Å²) < 4.78 is 78.0. The summed E-state index contributed by atoms with van der Waals surface area (Å²) >= 11 is 4.04. The molecule has 3 aliphatic rings. The molecule has 0 aliphatic carbocycles. The molecule has 1 unspecified atom stereocenters. The van der Waals surface area contributed by atoms with E-state index in [1.54, 1.807) is 0 Å². The molecule has 6 N–H and O–H groups in total. The second kappa shape index (κ2) is 10.9. The molecule has 0 aromatic carbocycles. The number of fused-ring (bicyclic) bond motifs is 5. The number of anilines is 2. The van der Waals surface area contributed by atoms with E-state index in [1.165, 1.54) is 28.1 Å². The van der Waals surface area contributed by atoms with Crippen molar-refractivity contribution in [3.63, 3.8) is 0 Å². The number of halogens is 1. The predicted octanol–water partition coefficient (Wildman–Crippen LogP) is 0.280. The Morgan fingerprint density at radius 1 is 0.841 bits per heavy atom. The van der Waals surface area contributed by atoms with Gasteiger partial charge in [-0.25, -0.2) is 43.4 Å². The van der Waals surface area contributed by atoms with E-state index in [0.29, 0.717) is 0 Å². The summed E-state index contributed by atoms with van der Waals surface area (Å²) in [6.45, 7) is -5.84. The van der Waals surface area contributed by atoms with Crippen LogP contribution < -0.4 is 11.5 Å². The van der Waals surface area contributed by atoms with Gasteiger partial charge in [0, 0.05) is 0 Å². The van der Waals surface area contributed by atoms with Crippen LogP contribution in [-0.4, -0.2) is 98.9 Å². The van der Waals surface area contributed by atoms with Crippen molar-refractivity contribution in [2.75, 3.05) is 24.7 Å². The van der Waals surface area contributed by atoms with E-state index in [1.807, 2.05) is 0 Å². The number of phosphoric ester groups is 1. The number of aliphatic hydroxyl groups is 1. The smallest absolute Gasteiger partial charge is 0.387 e. The molecule has 4 aromatic rings. The highest BCUT2D eigenvalue weighted by atomic mass is 32.7. The minimum Gasteiger partial charge on any atom is -0.387 e. The molecule has 4 aromatic heterocycles. The topological polar surface area (TPSA) is 269 Å². The molecule has 7 rings (SSSR count). The molecule has 0 spiro atoms. The van der Waals surface area contributed by atoms with Gasteiger partial charge >= 0.3 is 14.6 Å². The molecule has 3 aliphatic heterocycles. The van der Waals surface area contributed by atoms with Crippen LogP contribution in [0.1, 0.15) is 12.5 Å². The SMILES string of the molecule is Nc1ncnc2c1ncn2[C@@H]1O[C@@H]2CO[P@](=O)(S)O[C@H]3[C@@H](O)[C@@H](COP(=O)(O)O[C@@H]2[C@@H]1F)O[C@H]3n1cnc2c(N)ncnc21. The van der Waals surface area contributed by atoms with E-state index in [4.69, 9.17) is 39.0 Å². The predicted molar refractivity (Wildman–Crippen MR) is 146 cm³/mol. The summed E-state index contributed by atoms with van der Waals surface area (Å²) in [5.41, 5.74) is 12.4. The van der Waals surface area contributed by atoms with Crippen molar-refractivity contribution >= 4 is 60.8 Å². The Kier molecular flexibility index (Phi) is 7.37. The average molecular weight is 676 g/mol. The number of nitrogen functional groups attached to an aromatic ring is 2. The highest BCUT2D eigenvalue weighted by Gasteiger charge is 2.54. The number of phosphoric acid groups is 1. The molecule has 24 heteroatoms. The Balaban J connectivity index is 1.20. The molecule has 3 saturated heterocycles. The minimum atomic E-state index is -5.06. The number of aliphatic hydroxyl groups excluding tert-OH is 1. The first-order valence-corrected chi connectivity index (χ1v) is 16.9. The second-order valence-corrected chi connectivity index (χ2v) is 14.2. The zero-order valence-electron chi connectivity index (χ0n) is 22.0. The number of imidazole rings is 2. The van der Waals surface area contributed by atoms with Crippen LogP contribution >= 0.6 is 26.9 Å². The molecular weight excluding hydrogens is 653 g/mol. The van der Waals surface area contributed by atoms with Gasteiger partial charge in [0.2, 0.25) is 0 Å². The lowest BCUT2D eigenvalue weighted by atomic mass is 10.1. The van der Waals surface area contributed by atoms with E-state index in [9.17, 15) is 19.1 Å². The first kappa shape index (κ1) is 29.8. The number of nitrogens with two attached hydrogens (primary N) is 2. The van der Waals surface area contributed by atoms with E-state index in [-0.39, 0.29) is 34.0 Å². The average Bonchev–Trinajstić information content (AvgIpc) is 3.73. The summed E-state index contributed by atoms with van der Waals surface area (Å²) in [5.74, 6) is 0.0891. The molecular formula is C20H23FN10O10P2S. The van der Waals surface area contributed by atoms with Gasteiger partial charge in [-0.2, -0.15) is 0 Å². The van der Waals surface area contributed by atoms with Gasteiger partial charge in [-0.15, -0.1) is 0 Å². The van der Waals surface area contributed by atoms with Crippen molar-refractivity contribution in [3.05, 3.63) is 25.3 Å². The Morgan fingerprint density at radius 3 is 2.05 bits per heavy atom. The largest absolute Gasteiger partial charge is 0.472 e. The third-order valence-electron chi connectivity index (χ3n) is 7.22. The van der Waals surface area contributed by atoms with Crippen molar-refractivity contribution in [3.8, 4) is 0 Å². The van der Waals surface area contributed by atoms with Crippen LogP contribution in [0.4, 0.5) is 16.0 Å². The Morgan fingerprint density at radius 2 is 1.41 bits per heavy atom. The van der Waals surface area contributed by atoms with Crippen LogP contribution in [0.2, 0.25) is 0 Å². The molecule has 10 atom stereocenters. The monoisotopic (exact) mass is 676 g/mol. The minimum absolute atomic E-state index is 0.0302. The van der Waals surface area contributed by atoms with Crippen LogP contribution in [0, 0.1) is 0 Å². The number of aromatic nitrogens is 8. The van der Waals surface area contributed by atoms with Gasteiger partial charge in [0.1, 0.15) is 54.2 Å². The quantitative estimate of drug-likeness (QED) is 0.141. The number of nitrogens with zero attached hydrogens (tertiary/aromatic N) is 8. The van der Waals surface area contributed by atoms with Crippen LogP contribution in [0.5, 0.6) is 0 Å². The molecule has 20 nitrogen and oxygen atoms in total. The standard InChI is InChI=1S/C20H23FN10O10P2S/c21-9-13-8(39-19(9)30-5-28-10-15(22)24-3-26-17(10)30)2-37-43(35,44)41-14-12(32)7(1-36-42(33,34)40-13)38-20(14)31-6-29-11-16(23)25-4-27-18(11)31/h3-9,12-14,19-20,32H,1-2H2,(H,33,34)(H,35,44)(H2,22,24,26)(H2,23,25,27)/t7-,8-,9+,12+,13+,14+,19-,20-,43+/m1/s1. The van der Waals surface area contributed by atoms with E-state index in [2.05, 4.69) is 42.2 Å². The maximum Gasteiger partial charge on any atom is 0.472 e. The normalized spacial score (nSPS) is 38.3. The zero-order valence-corrected chi connectivity index (χ0v) is 24.6. The number of hydrogen-bond donors (Lipinski definition) is 5. The molecule has 0 radical (unpaired) electrons. The summed E-state index contributed by atoms with van der Waals surface area (Å²) in [4.78, 5) is 34.7. The second-order valence-electron chi connectivity index (χ2n) is 9.90. The third-order valence-corrected chi connectivity index (χ3v) is 9.82. The summed E-state index contributed by atoms with van der Waals surface area (Å²) in [6.07, 6.45) is -7.80. The van der Waals surface area contributed by atoms with Crippen molar-refractivity contribution < 1.29 is 51.1 Å². The van der Waals surface area contributed by atoms with E-state index >= 15 is 4.39 Å². The highest BCUT2D eigenvalue weighted by Crippen LogP contribution is 2.58. The van der Waals surface area contributed by atoms with Crippen molar-refractivity contribution in [2.24, 2.45) is 0 Å². The number of ether oxygens (including phenoxy) is 2. The lowest BCUT2D eigenvalue weighted by molar-refractivity contribution is -0.0619. The van der Waals surface area contributed by atoms with E-state index < -0.39 is 77.0 Å².